The van der Waals surface area contributed by atoms with Gasteiger partial charge in [-0.25, -0.2) is 4.39 Å². The normalized spacial score (nSPS) is 11.0. The van der Waals surface area contributed by atoms with Crippen LogP contribution in [0.3, 0.4) is 0 Å². The van der Waals surface area contributed by atoms with Gasteiger partial charge < -0.3 is 10.3 Å². The van der Waals surface area contributed by atoms with Crippen molar-refractivity contribution in [2.24, 2.45) is 0 Å². The minimum absolute atomic E-state index is 0.254. The third-order valence-electron chi connectivity index (χ3n) is 5.77. The highest BCUT2D eigenvalue weighted by molar-refractivity contribution is 6.35. The molecule has 0 saturated carbocycles. The second-order valence-electron chi connectivity index (χ2n) is 8.15. The molecule has 0 radical (unpaired) electrons. The molecule has 0 aliphatic rings. The summed E-state index contributed by atoms with van der Waals surface area (Å²) >= 11 is 12.3. The van der Waals surface area contributed by atoms with Crippen molar-refractivity contribution in [2.45, 2.75) is 13.0 Å². The Bertz CT molecular complexity index is 1650. The largest absolute Gasteiger partial charge is 0.381 e. The Hall–Kier alpha value is -3.92. The first-order valence-corrected chi connectivity index (χ1v) is 11.5. The monoisotopic (exact) mass is 501 g/mol. The molecule has 3 aromatic heterocycles. The summed E-state index contributed by atoms with van der Waals surface area (Å²) in [5.74, 6) is -0.328. The average molecular weight is 502 g/mol. The molecule has 8 heteroatoms. The van der Waals surface area contributed by atoms with Gasteiger partial charge in [-0.3, -0.25) is 9.97 Å². The Kier molecular flexibility index (Phi) is 6.12. The Morgan fingerprint density at radius 3 is 2.83 bits per heavy atom. The van der Waals surface area contributed by atoms with Gasteiger partial charge in [0.1, 0.15) is 11.9 Å². The lowest BCUT2D eigenvalue weighted by molar-refractivity contribution is 0.607. The molecule has 172 valence electrons. The predicted octanol–water partition coefficient (Wildman–Crippen LogP) is 6.78. The number of nitrogens with one attached hydrogen (secondary N) is 2. The van der Waals surface area contributed by atoms with Gasteiger partial charge in [0.25, 0.3) is 0 Å². The van der Waals surface area contributed by atoms with Crippen LogP contribution in [0.1, 0.15) is 27.9 Å². The van der Waals surface area contributed by atoms with Crippen LogP contribution in [-0.2, 0) is 13.0 Å². The molecule has 35 heavy (non-hydrogen) atoms. The van der Waals surface area contributed by atoms with Gasteiger partial charge in [0.05, 0.1) is 21.1 Å². The molecular weight excluding hydrogens is 484 g/mol. The van der Waals surface area contributed by atoms with Gasteiger partial charge in [-0.05, 0) is 48.0 Å². The molecule has 5 rings (SSSR count). The fourth-order valence-electron chi connectivity index (χ4n) is 4.04. The van der Waals surface area contributed by atoms with E-state index in [1.54, 1.807) is 24.5 Å². The van der Waals surface area contributed by atoms with Crippen LogP contribution in [0.2, 0.25) is 10.0 Å². The Morgan fingerprint density at radius 1 is 1.14 bits per heavy atom. The summed E-state index contributed by atoms with van der Waals surface area (Å²) in [6.07, 6.45) is 5.38. The Morgan fingerprint density at radius 2 is 2.00 bits per heavy atom. The van der Waals surface area contributed by atoms with Crippen LogP contribution in [-0.4, -0.2) is 15.0 Å². The smallest absolute Gasteiger partial charge is 0.130 e. The van der Waals surface area contributed by atoms with Crippen LogP contribution >= 0.6 is 23.2 Å². The van der Waals surface area contributed by atoms with E-state index < -0.39 is 0 Å². The molecule has 0 bridgehead atoms. The SMILES string of the molecule is C=C(NCc1cc2c(Cl)c[nH]c2cc1F)c1ccnc(Cc2cc(C#N)c3ncc(Cl)cc3c2)c1. The van der Waals surface area contributed by atoms with Gasteiger partial charge in [-0.2, -0.15) is 5.26 Å². The minimum Gasteiger partial charge on any atom is -0.381 e. The molecule has 2 aromatic carbocycles. The molecule has 0 fully saturated rings. The average Bonchev–Trinajstić information content (AvgIpc) is 3.20. The van der Waals surface area contributed by atoms with Gasteiger partial charge in [0, 0.05) is 70.4 Å². The molecule has 0 spiro atoms. The van der Waals surface area contributed by atoms with E-state index >= 15 is 0 Å². The van der Waals surface area contributed by atoms with E-state index in [9.17, 15) is 9.65 Å². The molecule has 2 N–H and O–H groups in total. The number of nitrogens with zero attached hydrogens (tertiary/aromatic N) is 3. The number of nitriles is 1. The molecule has 0 saturated heterocycles. The van der Waals surface area contributed by atoms with E-state index in [-0.39, 0.29) is 12.4 Å². The molecular formula is C27H18Cl2FN5. The number of rotatable bonds is 6. The third-order valence-corrected chi connectivity index (χ3v) is 6.29. The van der Waals surface area contributed by atoms with E-state index in [1.807, 2.05) is 24.3 Å². The van der Waals surface area contributed by atoms with E-state index in [0.717, 1.165) is 27.6 Å². The van der Waals surface area contributed by atoms with Crippen molar-refractivity contribution in [3.8, 4) is 6.07 Å². The summed E-state index contributed by atoms with van der Waals surface area (Å²) < 4.78 is 14.5. The maximum Gasteiger partial charge on any atom is 0.130 e. The predicted molar refractivity (Wildman–Crippen MR) is 138 cm³/mol. The maximum absolute atomic E-state index is 14.5. The van der Waals surface area contributed by atoms with Crippen LogP contribution in [0.15, 0.2) is 67.6 Å². The molecule has 5 nitrogen and oxygen atoms in total. The summed E-state index contributed by atoms with van der Waals surface area (Å²) in [4.78, 5) is 11.7. The van der Waals surface area contributed by atoms with Gasteiger partial charge in [0.15, 0.2) is 0 Å². The number of H-pyrrole nitrogens is 1. The fraction of sp³-hybridized carbons (Fsp3) is 0.0741. The zero-order valence-corrected chi connectivity index (χ0v) is 19.9. The lowest BCUT2D eigenvalue weighted by atomic mass is 10.0. The first kappa shape index (κ1) is 22.9. The van der Waals surface area contributed by atoms with Crippen molar-refractivity contribution in [1.29, 1.82) is 5.26 Å². The summed E-state index contributed by atoms with van der Waals surface area (Å²) in [6, 6.07) is 14.7. The van der Waals surface area contributed by atoms with Crippen molar-refractivity contribution >= 4 is 50.7 Å². The molecule has 3 heterocycles. The van der Waals surface area contributed by atoms with Crippen molar-refractivity contribution in [1.82, 2.24) is 20.3 Å². The molecule has 0 aliphatic carbocycles. The molecule has 5 aromatic rings. The van der Waals surface area contributed by atoms with E-state index in [2.05, 4.69) is 32.9 Å². The highest BCUT2D eigenvalue weighted by atomic mass is 35.5. The van der Waals surface area contributed by atoms with E-state index in [1.165, 1.54) is 12.3 Å². The Balaban J connectivity index is 1.35. The van der Waals surface area contributed by atoms with Crippen LogP contribution in [0.25, 0.3) is 27.5 Å². The number of pyridine rings is 2. The summed E-state index contributed by atoms with van der Waals surface area (Å²) in [5.41, 5.74) is 5.43. The number of aromatic amines is 1. The quantitative estimate of drug-likeness (QED) is 0.268. The lowest BCUT2D eigenvalue weighted by Gasteiger charge is -2.12. The standard InChI is InChI=1S/C27H18Cl2FN5/c1-15(33-12-20-9-23-24(29)14-34-26(23)10-25(20)30)17-2-3-32-22(8-17)6-16-4-18-7-21(28)13-35-27(18)19(5-16)11-31/h2-5,7-10,13-14,33-34H,1,6,12H2. The molecule has 0 atom stereocenters. The lowest BCUT2D eigenvalue weighted by Crippen LogP contribution is -2.12. The second-order valence-corrected chi connectivity index (χ2v) is 8.99. The molecule has 0 unspecified atom stereocenters. The second kappa shape index (κ2) is 9.38. The van der Waals surface area contributed by atoms with Crippen LogP contribution in [0.4, 0.5) is 4.39 Å². The zero-order chi connectivity index (χ0) is 24.5. The number of benzene rings is 2. The van der Waals surface area contributed by atoms with Gasteiger partial charge in [0.2, 0.25) is 0 Å². The van der Waals surface area contributed by atoms with Crippen LogP contribution in [0, 0.1) is 17.1 Å². The van der Waals surface area contributed by atoms with Gasteiger partial charge in [-0.15, -0.1) is 0 Å². The fourth-order valence-corrected chi connectivity index (χ4v) is 4.41. The highest BCUT2D eigenvalue weighted by Gasteiger charge is 2.11. The van der Waals surface area contributed by atoms with Crippen molar-refractivity contribution in [2.75, 3.05) is 0 Å². The summed E-state index contributed by atoms with van der Waals surface area (Å²) in [7, 11) is 0. The number of aromatic nitrogens is 3. The number of fused-ring (bicyclic) bond motifs is 2. The van der Waals surface area contributed by atoms with E-state index in [0.29, 0.717) is 44.3 Å². The first-order chi connectivity index (χ1) is 16.9. The topological polar surface area (TPSA) is 77.4 Å². The third kappa shape index (κ3) is 4.69. The van der Waals surface area contributed by atoms with E-state index in [4.69, 9.17) is 23.2 Å². The van der Waals surface area contributed by atoms with Gasteiger partial charge in [-0.1, -0.05) is 29.8 Å². The van der Waals surface area contributed by atoms with Crippen molar-refractivity contribution in [3.63, 3.8) is 0 Å². The summed E-state index contributed by atoms with van der Waals surface area (Å²) in [6.45, 7) is 4.36. The highest BCUT2D eigenvalue weighted by Crippen LogP contribution is 2.27. The molecule has 0 amide bonds. The van der Waals surface area contributed by atoms with Crippen molar-refractivity contribution in [3.05, 3.63) is 111 Å². The zero-order valence-electron chi connectivity index (χ0n) is 18.4. The van der Waals surface area contributed by atoms with Gasteiger partial charge >= 0.3 is 0 Å². The molecule has 0 aliphatic heterocycles. The maximum atomic E-state index is 14.5. The Labute approximate surface area is 210 Å². The van der Waals surface area contributed by atoms with Crippen LogP contribution < -0.4 is 5.32 Å². The number of halogens is 3. The summed E-state index contributed by atoms with van der Waals surface area (Å²) in [5, 5.41) is 15.4. The van der Waals surface area contributed by atoms with Crippen LogP contribution in [0.5, 0.6) is 0 Å². The number of hydrogen-bond acceptors (Lipinski definition) is 4. The minimum atomic E-state index is -0.328. The first-order valence-electron chi connectivity index (χ1n) is 10.7. The number of hydrogen-bond donors (Lipinski definition) is 2. The van der Waals surface area contributed by atoms with Crippen molar-refractivity contribution < 1.29 is 4.39 Å².